The van der Waals surface area contributed by atoms with Gasteiger partial charge >= 0.3 is 0 Å². The van der Waals surface area contributed by atoms with E-state index in [1.807, 2.05) is 20.8 Å². The molecule has 2 unspecified atom stereocenters. The second-order valence-electron chi connectivity index (χ2n) is 12.4. The first-order chi connectivity index (χ1) is 18.1. The molecule has 4 atom stereocenters. The van der Waals surface area contributed by atoms with E-state index in [1.54, 1.807) is 12.1 Å². The highest BCUT2D eigenvalue weighted by Crippen LogP contribution is 2.54. The van der Waals surface area contributed by atoms with E-state index in [2.05, 4.69) is 13.8 Å². The average molecular weight is 539 g/mol. The SMILES string of the molecule is CC1OC(O[C@H]2C[C@](O)(C(=O)CO)Cc3c(O)c4c(c(O)c32)C(=O)c2ccccc2C4=O)C(C)(C)CC1(C)C. The number of hydrogen-bond donors (Lipinski definition) is 4. The van der Waals surface area contributed by atoms with E-state index in [4.69, 9.17) is 9.47 Å². The molecular formula is C30H34O9. The zero-order valence-corrected chi connectivity index (χ0v) is 22.7. The molecule has 39 heavy (non-hydrogen) atoms. The molecule has 4 N–H and O–H groups in total. The van der Waals surface area contributed by atoms with Crippen molar-refractivity contribution in [2.24, 2.45) is 10.8 Å². The summed E-state index contributed by atoms with van der Waals surface area (Å²) in [5.74, 6) is -3.35. The molecule has 0 radical (unpaired) electrons. The summed E-state index contributed by atoms with van der Waals surface area (Å²) in [4.78, 5) is 39.6. The van der Waals surface area contributed by atoms with Gasteiger partial charge in [-0.25, -0.2) is 0 Å². The maximum atomic E-state index is 13.5. The van der Waals surface area contributed by atoms with Gasteiger partial charge in [0.2, 0.25) is 0 Å². The van der Waals surface area contributed by atoms with Gasteiger partial charge in [0, 0.05) is 40.5 Å². The van der Waals surface area contributed by atoms with E-state index in [0.717, 1.165) is 6.42 Å². The Morgan fingerprint density at radius 1 is 1.00 bits per heavy atom. The Labute approximate surface area is 226 Å². The van der Waals surface area contributed by atoms with Gasteiger partial charge in [-0.1, -0.05) is 52.0 Å². The van der Waals surface area contributed by atoms with Crippen LogP contribution in [0.25, 0.3) is 0 Å². The van der Waals surface area contributed by atoms with Gasteiger partial charge in [0.05, 0.1) is 23.3 Å². The predicted octanol–water partition coefficient (Wildman–Crippen LogP) is 3.36. The fourth-order valence-electron chi connectivity index (χ4n) is 6.48. The lowest BCUT2D eigenvalue weighted by atomic mass is 9.69. The highest BCUT2D eigenvalue weighted by atomic mass is 16.7. The molecule has 1 fully saturated rings. The molecule has 1 saturated heterocycles. The highest BCUT2D eigenvalue weighted by molar-refractivity contribution is 6.30. The Balaban J connectivity index is 1.69. The molecule has 3 aliphatic rings. The number of Topliss-reactive ketones (excluding diaryl/α,β-unsaturated/α-hetero) is 1. The standard InChI is InChI=1S/C30H34O9/c1-14-28(2,3)13-29(4,5)27(38-14)39-18-11-30(37,19(32)12-31)10-17-20(18)26(36)22-21(25(17)35)23(33)15-8-6-7-9-16(15)24(22)34/h6-9,14,18,27,31,35-37H,10-13H2,1-5H3/t14?,18-,27?,30-/m0/s1. The number of ketones is 3. The normalized spacial score (nSPS) is 28.8. The molecule has 208 valence electrons. The quantitative estimate of drug-likeness (QED) is 0.367. The first-order valence-electron chi connectivity index (χ1n) is 13.1. The van der Waals surface area contributed by atoms with Crippen molar-refractivity contribution in [1.29, 1.82) is 0 Å². The van der Waals surface area contributed by atoms with Gasteiger partial charge < -0.3 is 29.9 Å². The minimum Gasteiger partial charge on any atom is -0.507 e. The first-order valence-corrected chi connectivity index (χ1v) is 13.1. The molecule has 9 heteroatoms. The largest absolute Gasteiger partial charge is 0.507 e. The zero-order chi connectivity index (χ0) is 28.7. The van der Waals surface area contributed by atoms with E-state index in [1.165, 1.54) is 12.1 Å². The number of carbonyl (C=O) groups is 3. The monoisotopic (exact) mass is 538 g/mol. The van der Waals surface area contributed by atoms with Crippen molar-refractivity contribution in [1.82, 2.24) is 0 Å². The molecule has 0 spiro atoms. The number of phenolic OH excluding ortho intramolecular Hbond substituents is 2. The van der Waals surface area contributed by atoms with Crippen molar-refractivity contribution in [2.75, 3.05) is 6.61 Å². The smallest absolute Gasteiger partial charge is 0.198 e. The molecule has 1 aliphatic heterocycles. The fraction of sp³-hybridized carbons (Fsp3) is 0.500. The minimum absolute atomic E-state index is 0.0130. The molecule has 0 saturated carbocycles. The number of aromatic hydroxyl groups is 2. The van der Waals surface area contributed by atoms with E-state index in [-0.39, 0.29) is 51.3 Å². The Morgan fingerprint density at radius 3 is 2.13 bits per heavy atom. The summed E-state index contributed by atoms with van der Waals surface area (Å²) >= 11 is 0. The van der Waals surface area contributed by atoms with Crippen molar-refractivity contribution in [3.05, 3.63) is 57.6 Å². The zero-order valence-electron chi connectivity index (χ0n) is 22.7. The number of hydrogen-bond acceptors (Lipinski definition) is 9. The molecule has 9 nitrogen and oxygen atoms in total. The number of aliphatic hydroxyl groups excluding tert-OH is 1. The maximum absolute atomic E-state index is 13.5. The maximum Gasteiger partial charge on any atom is 0.198 e. The lowest BCUT2D eigenvalue weighted by Crippen LogP contribution is -2.52. The number of benzene rings is 2. The van der Waals surface area contributed by atoms with Crippen LogP contribution in [0.3, 0.4) is 0 Å². The van der Waals surface area contributed by atoms with Gasteiger partial charge in [-0.05, 0) is 18.8 Å². The van der Waals surface area contributed by atoms with Crippen molar-refractivity contribution in [2.45, 2.75) is 78.0 Å². The third-order valence-corrected chi connectivity index (χ3v) is 8.70. The van der Waals surface area contributed by atoms with Gasteiger partial charge in [-0.15, -0.1) is 0 Å². The average Bonchev–Trinajstić information content (AvgIpc) is 2.86. The van der Waals surface area contributed by atoms with Gasteiger partial charge in [0.1, 0.15) is 23.7 Å². The predicted molar refractivity (Wildman–Crippen MR) is 139 cm³/mol. The second kappa shape index (κ2) is 8.96. The molecule has 5 rings (SSSR count). The van der Waals surface area contributed by atoms with Crippen LogP contribution in [-0.4, -0.2) is 62.4 Å². The molecule has 0 aromatic heterocycles. The number of phenols is 2. The molecule has 0 bridgehead atoms. The molecule has 2 aromatic carbocycles. The second-order valence-corrected chi connectivity index (χ2v) is 12.4. The van der Waals surface area contributed by atoms with Crippen LogP contribution in [0.4, 0.5) is 0 Å². The summed E-state index contributed by atoms with van der Waals surface area (Å²) < 4.78 is 12.7. The van der Waals surface area contributed by atoms with E-state index in [9.17, 15) is 34.8 Å². The molecule has 2 aromatic rings. The van der Waals surface area contributed by atoms with Gasteiger partial charge in [0.15, 0.2) is 23.6 Å². The number of rotatable bonds is 4. The molecule has 1 heterocycles. The summed E-state index contributed by atoms with van der Waals surface area (Å²) in [6.45, 7) is 9.06. The van der Waals surface area contributed by atoms with Crippen LogP contribution in [0, 0.1) is 10.8 Å². The number of ether oxygens (including phenoxy) is 2. The van der Waals surface area contributed by atoms with Crippen molar-refractivity contribution in [3.63, 3.8) is 0 Å². The summed E-state index contributed by atoms with van der Waals surface area (Å²) in [5.41, 5.74) is -3.49. The lowest BCUT2D eigenvalue weighted by Gasteiger charge is -2.51. The highest BCUT2D eigenvalue weighted by Gasteiger charge is 2.52. The Morgan fingerprint density at radius 2 is 1.56 bits per heavy atom. The third-order valence-electron chi connectivity index (χ3n) is 8.70. The van der Waals surface area contributed by atoms with Crippen LogP contribution in [0.1, 0.15) is 96.5 Å². The van der Waals surface area contributed by atoms with Crippen LogP contribution < -0.4 is 0 Å². The summed E-state index contributed by atoms with van der Waals surface area (Å²) in [6, 6.07) is 6.11. The summed E-state index contributed by atoms with van der Waals surface area (Å²) in [5, 5.41) is 43.9. The van der Waals surface area contributed by atoms with Gasteiger partial charge in [-0.2, -0.15) is 0 Å². The number of aliphatic hydroxyl groups is 2. The van der Waals surface area contributed by atoms with Crippen LogP contribution in [-0.2, 0) is 20.7 Å². The van der Waals surface area contributed by atoms with Crippen molar-refractivity contribution < 1.29 is 44.3 Å². The van der Waals surface area contributed by atoms with E-state index < -0.39 is 65.3 Å². The summed E-state index contributed by atoms with van der Waals surface area (Å²) in [6.07, 6.45) is -2.38. The van der Waals surface area contributed by atoms with Crippen LogP contribution >= 0.6 is 0 Å². The minimum atomic E-state index is -2.16. The van der Waals surface area contributed by atoms with Crippen molar-refractivity contribution in [3.8, 4) is 11.5 Å². The number of fused-ring (bicyclic) bond motifs is 3. The fourth-order valence-corrected chi connectivity index (χ4v) is 6.48. The Hall–Kier alpha value is -3.11. The molecule has 0 amide bonds. The first kappa shape index (κ1) is 27.5. The third kappa shape index (κ3) is 4.10. The van der Waals surface area contributed by atoms with Crippen LogP contribution in [0.2, 0.25) is 0 Å². The van der Waals surface area contributed by atoms with Gasteiger partial charge in [0.25, 0.3) is 0 Å². The topological polar surface area (TPSA) is 151 Å². The summed E-state index contributed by atoms with van der Waals surface area (Å²) in [7, 11) is 0. The van der Waals surface area contributed by atoms with Gasteiger partial charge in [-0.3, -0.25) is 14.4 Å². The Kier molecular flexibility index (Phi) is 6.31. The Bertz CT molecular complexity index is 1410. The van der Waals surface area contributed by atoms with Crippen molar-refractivity contribution >= 4 is 17.3 Å². The van der Waals surface area contributed by atoms with Crippen LogP contribution in [0.5, 0.6) is 11.5 Å². The van der Waals surface area contributed by atoms with E-state index >= 15 is 0 Å². The molecule has 2 aliphatic carbocycles. The molecular weight excluding hydrogens is 504 g/mol. The number of carbonyl (C=O) groups excluding carboxylic acids is 3. The van der Waals surface area contributed by atoms with E-state index in [0.29, 0.717) is 0 Å². The van der Waals surface area contributed by atoms with Crippen LogP contribution in [0.15, 0.2) is 24.3 Å². The lowest BCUT2D eigenvalue weighted by molar-refractivity contribution is -0.295.